The third-order valence-electron chi connectivity index (χ3n) is 2.74. The van der Waals surface area contributed by atoms with Gasteiger partial charge in [-0.05, 0) is 25.5 Å². The van der Waals surface area contributed by atoms with Gasteiger partial charge in [0.2, 0.25) is 0 Å². The van der Waals surface area contributed by atoms with Crippen LogP contribution in [-0.2, 0) is 19.6 Å². The van der Waals surface area contributed by atoms with Crippen LogP contribution in [0.4, 0.5) is 0 Å². The first-order chi connectivity index (χ1) is 8.28. The Morgan fingerprint density at radius 3 is 2.82 bits per heavy atom. The lowest BCUT2D eigenvalue weighted by Gasteiger charge is -2.04. The molecule has 17 heavy (non-hydrogen) atoms. The van der Waals surface area contributed by atoms with Gasteiger partial charge in [-0.15, -0.1) is 0 Å². The van der Waals surface area contributed by atoms with Crippen LogP contribution in [0, 0.1) is 6.92 Å². The molecule has 1 aromatic heterocycles. The van der Waals surface area contributed by atoms with Gasteiger partial charge in [-0.2, -0.15) is 5.10 Å². The van der Waals surface area contributed by atoms with Gasteiger partial charge in [0.25, 0.3) is 0 Å². The highest BCUT2D eigenvalue weighted by Gasteiger charge is 1.98. The van der Waals surface area contributed by atoms with E-state index in [0.29, 0.717) is 0 Å². The molecule has 2 aromatic rings. The fourth-order valence-corrected chi connectivity index (χ4v) is 1.83. The zero-order chi connectivity index (χ0) is 12.1. The summed E-state index contributed by atoms with van der Waals surface area (Å²) in [5, 5.41) is 7.84. The van der Waals surface area contributed by atoms with E-state index in [4.69, 9.17) is 0 Å². The smallest absolute Gasteiger partial charge is 0.0762 e. The van der Waals surface area contributed by atoms with E-state index >= 15 is 0 Å². The molecule has 0 saturated heterocycles. The van der Waals surface area contributed by atoms with Gasteiger partial charge in [-0.3, -0.25) is 4.68 Å². The number of aromatic nitrogens is 2. The van der Waals surface area contributed by atoms with Crippen LogP contribution >= 0.6 is 0 Å². The van der Waals surface area contributed by atoms with Crippen LogP contribution in [0.1, 0.15) is 23.7 Å². The van der Waals surface area contributed by atoms with Gasteiger partial charge in [0.15, 0.2) is 0 Å². The predicted molar refractivity (Wildman–Crippen MR) is 69.6 cm³/mol. The minimum Gasteiger partial charge on any atom is -0.307 e. The first-order valence-electron chi connectivity index (χ1n) is 6.06. The van der Waals surface area contributed by atoms with E-state index in [0.717, 1.165) is 25.3 Å². The maximum Gasteiger partial charge on any atom is 0.0762 e. The third-order valence-corrected chi connectivity index (χ3v) is 2.74. The van der Waals surface area contributed by atoms with E-state index in [2.05, 4.69) is 54.6 Å². The molecule has 0 aliphatic rings. The van der Waals surface area contributed by atoms with Crippen molar-refractivity contribution in [2.24, 2.45) is 0 Å². The van der Waals surface area contributed by atoms with Crippen molar-refractivity contribution in [1.82, 2.24) is 15.1 Å². The number of hydrogen-bond acceptors (Lipinski definition) is 2. The molecule has 0 bridgehead atoms. The van der Waals surface area contributed by atoms with Crippen molar-refractivity contribution in [3.63, 3.8) is 0 Å². The molecule has 0 atom stereocenters. The summed E-state index contributed by atoms with van der Waals surface area (Å²) in [6, 6.07) is 10.6. The number of aryl methyl sites for hydroxylation is 2. The zero-order valence-electron chi connectivity index (χ0n) is 10.5. The molecule has 0 unspecified atom stereocenters. The number of nitrogens with one attached hydrogen (secondary N) is 1. The molecule has 0 fully saturated rings. The first-order valence-corrected chi connectivity index (χ1v) is 6.06. The molecule has 2 rings (SSSR count). The predicted octanol–water partition coefficient (Wildman–Crippen LogP) is 2.50. The van der Waals surface area contributed by atoms with Crippen LogP contribution < -0.4 is 5.32 Å². The van der Waals surface area contributed by atoms with Gasteiger partial charge in [0, 0.05) is 25.8 Å². The van der Waals surface area contributed by atoms with Crippen LogP contribution in [0.5, 0.6) is 0 Å². The fourth-order valence-electron chi connectivity index (χ4n) is 1.83. The number of nitrogens with zero attached hydrogens (tertiary/aromatic N) is 2. The van der Waals surface area contributed by atoms with E-state index in [1.165, 1.54) is 11.1 Å². The Kier molecular flexibility index (Phi) is 3.94. The minimum atomic E-state index is 0.820. The fraction of sp³-hybridized carbons (Fsp3) is 0.357. The topological polar surface area (TPSA) is 29.9 Å². The molecular weight excluding hydrogens is 210 g/mol. The SMILES string of the molecule is CCn1ccc(CNCc2cccc(C)c2)n1. The Hall–Kier alpha value is -1.61. The molecule has 0 radical (unpaired) electrons. The van der Waals surface area contributed by atoms with Crippen molar-refractivity contribution in [2.45, 2.75) is 33.5 Å². The number of hydrogen-bond donors (Lipinski definition) is 1. The molecule has 3 heteroatoms. The molecule has 0 spiro atoms. The van der Waals surface area contributed by atoms with Crippen LogP contribution in [0.25, 0.3) is 0 Å². The molecule has 0 saturated carbocycles. The molecule has 0 aliphatic heterocycles. The van der Waals surface area contributed by atoms with E-state index in [9.17, 15) is 0 Å². The lowest BCUT2D eigenvalue weighted by atomic mass is 10.1. The van der Waals surface area contributed by atoms with Crippen molar-refractivity contribution in [3.8, 4) is 0 Å². The zero-order valence-corrected chi connectivity index (χ0v) is 10.5. The highest BCUT2D eigenvalue weighted by molar-refractivity contribution is 5.22. The van der Waals surface area contributed by atoms with Crippen LogP contribution in [0.15, 0.2) is 36.5 Å². The highest BCUT2D eigenvalue weighted by atomic mass is 15.3. The molecular formula is C14H19N3. The lowest BCUT2D eigenvalue weighted by Crippen LogP contribution is -2.13. The summed E-state index contributed by atoms with van der Waals surface area (Å²) >= 11 is 0. The second-order valence-electron chi connectivity index (χ2n) is 4.26. The molecule has 1 aromatic carbocycles. The minimum absolute atomic E-state index is 0.820. The molecule has 1 heterocycles. The Bertz CT molecular complexity index is 474. The van der Waals surface area contributed by atoms with Crippen LogP contribution in [-0.4, -0.2) is 9.78 Å². The molecule has 0 amide bonds. The maximum atomic E-state index is 4.43. The van der Waals surface area contributed by atoms with Crippen molar-refractivity contribution in [2.75, 3.05) is 0 Å². The van der Waals surface area contributed by atoms with E-state index < -0.39 is 0 Å². The Morgan fingerprint density at radius 2 is 2.12 bits per heavy atom. The van der Waals surface area contributed by atoms with Crippen molar-refractivity contribution >= 4 is 0 Å². The summed E-state index contributed by atoms with van der Waals surface area (Å²) in [7, 11) is 0. The average Bonchev–Trinajstić information content (AvgIpc) is 2.77. The van der Waals surface area contributed by atoms with Crippen LogP contribution in [0.2, 0.25) is 0 Å². The maximum absolute atomic E-state index is 4.43. The molecule has 0 aliphatic carbocycles. The Balaban J connectivity index is 1.83. The van der Waals surface area contributed by atoms with Gasteiger partial charge < -0.3 is 5.32 Å². The quantitative estimate of drug-likeness (QED) is 0.853. The summed E-state index contributed by atoms with van der Waals surface area (Å²) < 4.78 is 1.95. The highest BCUT2D eigenvalue weighted by Crippen LogP contribution is 2.04. The number of benzene rings is 1. The molecule has 3 nitrogen and oxygen atoms in total. The van der Waals surface area contributed by atoms with Crippen molar-refractivity contribution in [1.29, 1.82) is 0 Å². The normalized spacial score (nSPS) is 10.7. The standard InChI is InChI=1S/C14H19N3/c1-3-17-8-7-14(16-17)11-15-10-13-6-4-5-12(2)9-13/h4-9,15H,3,10-11H2,1-2H3. The second-order valence-corrected chi connectivity index (χ2v) is 4.26. The van der Waals surface area contributed by atoms with Crippen LogP contribution in [0.3, 0.4) is 0 Å². The first kappa shape index (κ1) is 11.9. The van der Waals surface area contributed by atoms with E-state index in [1.54, 1.807) is 0 Å². The van der Waals surface area contributed by atoms with Crippen molar-refractivity contribution < 1.29 is 0 Å². The van der Waals surface area contributed by atoms with E-state index in [-0.39, 0.29) is 0 Å². The van der Waals surface area contributed by atoms with Gasteiger partial charge in [-0.1, -0.05) is 29.8 Å². The molecule has 1 N–H and O–H groups in total. The Morgan fingerprint density at radius 1 is 1.24 bits per heavy atom. The summed E-state index contributed by atoms with van der Waals surface area (Å²) in [4.78, 5) is 0. The largest absolute Gasteiger partial charge is 0.307 e. The summed E-state index contributed by atoms with van der Waals surface area (Å²) in [6.07, 6.45) is 2.02. The Labute approximate surface area is 102 Å². The number of rotatable bonds is 5. The van der Waals surface area contributed by atoms with Gasteiger partial charge >= 0.3 is 0 Å². The van der Waals surface area contributed by atoms with Gasteiger partial charge in [0.1, 0.15) is 0 Å². The third kappa shape index (κ3) is 3.43. The van der Waals surface area contributed by atoms with Gasteiger partial charge in [0.05, 0.1) is 5.69 Å². The lowest BCUT2D eigenvalue weighted by molar-refractivity contribution is 0.620. The average molecular weight is 229 g/mol. The van der Waals surface area contributed by atoms with E-state index in [1.807, 2.05) is 10.9 Å². The summed E-state index contributed by atoms with van der Waals surface area (Å²) in [6.45, 7) is 6.85. The summed E-state index contributed by atoms with van der Waals surface area (Å²) in [5.74, 6) is 0. The van der Waals surface area contributed by atoms with Crippen molar-refractivity contribution in [3.05, 3.63) is 53.3 Å². The van der Waals surface area contributed by atoms with Gasteiger partial charge in [-0.25, -0.2) is 0 Å². The molecule has 90 valence electrons. The second kappa shape index (κ2) is 5.64. The monoisotopic (exact) mass is 229 g/mol. The summed E-state index contributed by atoms with van der Waals surface area (Å²) in [5.41, 5.74) is 3.72.